The second-order valence-electron chi connectivity index (χ2n) is 39.4. The van der Waals surface area contributed by atoms with Crippen LogP contribution in [0, 0.1) is 0 Å². The maximum Gasteiger partial charge on any atom is 0.164 e. The molecular formula is C129H91N9O3. The third-order valence-electron chi connectivity index (χ3n) is 29.6. The van der Waals surface area contributed by atoms with Gasteiger partial charge in [-0.25, -0.2) is 44.9 Å². The van der Waals surface area contributed by atoms with E-state index in [0.717, 1.165) is 127 Å². The molecule has 141 heavy (non-hydrogen) atoms. The molecule has 6 aromatic heterocycles. The summed E-state index contributed by atoms with van der Waals surface area (Å²) in [7, 11) is 0. The summed E-state index contributed by atoms with van der Waals surface area (Å²) in [6, 6.07) is 142. The molecule has 18 aromatic carbocycles. The average molecular weight is 1820 g/mol. The quantitative estimate of drug-likeness (QED) is 0.121. The molecule has 0 spiro atoms. The zero-order valence-electron chi connectivity index (χ0n) is 78.9. The number of hydrogen-bond donors (Lipinski definition) is 0. The van der Waals surface area contributed by atoms with Gasteiger partial charge in [-0.1, -0.05) is 395 Å². The molecule has 4 aliphatic carbocycles. The molecule has 0 atom stereocenters. The Morgan fingerprint density at radius 1 is 0.142 bits per heavy atom. The van der Waals surface area contributed by atoms with E-state index in [-0.39, 0.29) is 21.7 Å². The Morgan fingerprint density at radius 2 is 0.390 bits per heavy atom. The molecule has 0 aliphatic heterocycles. The van der Waals surface area contributed by atoms with Gasteiger partial charge in [-0.2, -0.15) is 0 Å². The molecule has 12 heteroatoms. The van der Waals surface area contributed by atoms with Crippen molar-refractivity contribution in [1.29, 1.82) is 0 Å². The average Bonchev–Trinajstić information content (AvgIpc) is 1.57. The van der Waals surface area contributed by atoms with Crippen LogP contribution in [-0.4, -0.2) is 44.9 Å². The van der Waals surface area contributed by atoms with Gasteiger partial charge in [-0.15, -0.1) is 0 Å². The van der Waals surface area contributed by atoms with Crippen molar-refractivity contribution in [2.24, 2.45) is 0 Å². The van der Waals surface area contributed by atoms with Crippen molar-refractivity contribution < 1.29 is 13.3 Å². The van der Waals surface area contributed by atoms with Gasteiger partial charge in [-0.3, -0.25) is 0 Å². The van der Waals surface area contributed by atoms with Gasteiger partial charge in [0.1, 0.15) is 33.5 Å². The zero-order valence-corrected chi connectivity index (χ0v) is 78.9. The Morgan fingerprint density at radius 3 is 0.787 bits per heavy atom. The number of rotatable bonds is 11. The van der Waals surface area contributed by atoms with Crippen molar-refractivity contribution in [2.75, 3.05) is 0 Å². The van der Waals surface area contributed by atoms with Gasteiger partial charge < -0.3 is 13.3 Å². The van der Waals surface area contributed by atoms with Crippen molar-refractivity contribution in [3.05, 3.63) is 451 Å². The molecule has 0 saturated carbocycles. The fraction of sp³-hybridized carbons (Fsp3) is 0.0930. The molecule has 12 nitrogen and oxygen atoms in total. The highest BCUT2D eigenvalue weighted by atomic mass is 16.3. The van der Waals surface area contributed by atoms with Gasteiger partial charge in [0.15, 0.2) is 52.4 Å². The largest absolute Gasteiger partial charge is 0.456 e. The Hall–Kier alpha value is -17.6. The molecule has 0 bridgehead atoms. The van der Waals surface area contributed by atoms with Crippen molar-refractivity contribution in [2.45, 2.75) is 77.0 Å². The summed E-state index contributed by atoms with van der Waals surface area (Å²) >= 11 is 0. The molecule has 670 valence electrons. The predicted octanol–water partition coefficient (Wildman–Crippen LogP) is 32.9. The molecule has 0 unspecified atom stereocenters. The van der Waals surface area contributed by atoms with Crippen LogP contribution in [0.5, 0.6) is 0 Å². The molecule has 24 aromatic rings. The molecule has 0 radical (unpaired) electrons. The number of para-hydroxylation sites is 3. The topological polar surface area (TPSA) is 155 Å². The second kappa shape index (κ2) is 32.5. The van der Waals surface area contributed by atoms with E-state index < -0.39 is 0 Å². The summed E-state index contributed by atoms with van der Waals surface area (Å²) in [4.78, 5) is 45.1. The predicted molar refractivity (Wildman–Crippen MR) is 571 cm³/mol. The van der Waals surface area contributed by atoms with Gasteiger partial charge in [0.2, 0.25) is 0 Å². The van der Waals surface area contributed by atoms with Gasteiger partial charge in [0.05, 0.1) is 0 Å². The number of fused-ring (bicyclic) bond motifs is 21. The number of benzene rings is 18. The van der Waals surface area contributed by atoms with E-state index in [1.807, 2.05) is 176 Å². The molecule has 0 fully saturated rings. The van der Waals surface area contributed by atoms with Crippen LogP contribution >= 0.6 is 0 Å². The van der Waals surface area contributed by atoms with E-state index in [4.69, 9.17) is 58.1 Å². The first-order valence-electron chi connectivity index (χ1n) is 48.2. The van der Waals surface area contributed by atoms with Gasteiger partial charge in [0.25, 0.3) is 0 Å². The first-order chi connectivity index (χ1) is 68.9. The van der Waals surface area contributed by atoms with Gasteiger partial charge in [-0.05, 0) is 178 Å². The first-order valence-corrected chi connectivity index (χ1v) is 48.2. The highest BCUT2D eigenvalue weighted by Crippen LogP contribution is 2.59. The van der Waals surface area contributed by atoms with Crippen LogP contribution in [0.1, 0.15) is 99.9 Å². The lowest BCUT2D eigenvalue weighted by atomic mass is 9.81. The standard InChI is InChI=1S/C45H33N3O.2C42H29N3O/c1-44(2)34-18-10-8-15-28(34)29-22-21-27(23-36(29)44)42-46-41(26-13-6-5-7-14-26)47-43(48-42)31-17-12-19-35-40(31)33-25-39-32(24-37(33)45(35,3)4)30-16-9-11-20-38(30)49-39;1-42(2)34-21-12-20-30(38(34)33-25-37-32(24-35(33)42)31-19-9-10-22-36(31)46-37)28-17-11-18-29(23-28)41-44-39(26-13-5-3-6-14-26)43-40(45-41)27-15-7-4-8-16-27;1-42(2)34-18-11-17-30(38(34)33-25-37-32(24-35(33)42)31-16-9-10-19-36(31)46-37)26-20-22-29(23-21-26)41-44-39(27-12-5-3-6-13-27)43-40(45-41)28-14-7-4-8-15-28/h5-25H,1-4H3;2*3-25H,1-2H3. The fourth-order valence-electron chi connectivity index (χ4n) is 22.4. The monoisotopic (exact) mass is 1810 g/mol. The lowest BCUT2D eigenvalue weighted by molar-refractivity contribution is 0.657. The molecule has 0 saturated heterocycles. The normalized spacial score (nSPS) is 13.8. The van der Waals surface area contributed by atoms with E-state index in [1.54, 1.807) is 0 Å². The Labute approximate surface area is 815 Å². The Balaban J connectivity index is 0.000000109. The number of furan rings is 3. The summed E-state index contributed by atoms with van der Waals surface area (Å²) in [6.45, 7) is 18.5. The molecule has 28 rings (SSSR count). The lowest BCUT2D eigenvalue weighted by Crippen LogP contribution is -2.15. The fourth-order valence-corrected chi connectivity index (χ4v) is 22.4. The minimum atomic E-state index is -0.216. The van der Waals surface area contributed by atoms with Crippen LogP contribution in [0.3, 0.4) is 0 Å². The Bertz CT molecular complexity index is 9100. The van der Waals surface area contributed by atoms with Gasteiger partial charge >= 0.3 is 0 Å². The maximum atomic E-state index is 6.40. The van der Waals surface area contributed by atoms with Crippen molar-refractivity contribution in [1.82, 2.24) is 44.9 Å². The molecule has 6 heterocycles. The summed E-state index contributed by atoms with van der Waals surface area (Å²) in [5.74, 6) is 5.91. The first kappa shape index (κ1) is 83.9. The van der Waals surface area contributed by atoms with E-state index in [9.17, 15) is 0 Å². The van der Waals surface area contributed by atoms with Crippen molar-refractivity contribution in [3.8, 4) is 169 Å². The van der Waals surface area contributed by atoms with E-state index >= 15 is 0 Å². The van der Waals surface area contributed by atoms with Gasteiger partial charge in [0, 0.05) is 104 Å². The molecule has 0 amide bonds. The smallest absolute Gasteiger partial charge is 0.164 e. The summed E-state index contributed by atoms with van der Waals surface area (Å²) in [6.07, 6.45) is 0. The van der Waals surface area contributed by atoms with Crippen LogP contribution in [0.15, 0.2) is 420 Å². The van der Waals surface area contributed by atoms with Crippen LogP contribution in [-0.2, 0) is 21.7 Å². The summed E-state index contributed by atoms with van der Waals surface area (Å²) < 4.78 is 19.1. The number of aromatic nitrogens is 9. The highest BCUT2D eigenvalue weighted by molar-refractivity contribution is 6.12. The summed E-state index contributed by atoms with van der Waals surface area (Å²) in [5, 5.41) is 6.93. The minimum absolute atomic E-state index is 0.127. The molecular weight excluding hydrogens is 1720 g/mol. The highest BCUT2D eigenvalue weighted by Gasteiger charge is 2.43. The third-order valence-corrected chi connectivity index (χ3v) is 29.6. The Kier molecular flexibility index (Phi) is 19.4. The lowest BCUT2D eigenvalue weighted by Gasteiger charge is -2.22. The van der Waals surface area contributed by atoms with Crippen molar-refractivity contribution >= 4 is 65.8 Å². The number of hydrogen-bond acceptors (Lipinski definition) is 12. The summed E-state index contributed by atoms with van der Waals surface area (Å²) in [5.41, 5.74) is 38.5. The van der Waals surface area contributed by atoms with E-state index in [2.05, 4.69) is 286 Å². The minimum Gasteiger partial charge on any atom is -0.456 e. The number of nitrogens with zero attached hydrogens (tertiary/aromatic N) is 9. The molecule has 4 aliphatic rings. The SMILES string of the molecule is CC1(C)c2cc3c(cc2-c2c(-c4ccc(-c5nc(-c6ccccc6)nc(-c6ccccc6)n5)cc4)cccc21)oc1ccccc13.CC1(C)c2cc3c(cc2-c2c(-c4cccc(-c5nc(-c6ccccc6)nc(-c6ccccc6)n5)c4)cccc21)oc1ccccc13.CC1(C)c2ccccc2-c2ccc(-c3nc(-c4ccccc4)nc(-c4cccc5c4-c4cc6oc7ccccc7c6cc4C5(C)C)n3)cc21. The van der Waals surface area contributed by atoms with Crippen LogP contribution in [0.2, 0.25) is 0 Å². The van der Waals surface area contributed by atoms with Crippen LogP contribution < -0.4 is 0 Å². The molecule has 0 N–H and O–H groups in total. The third kappa shape index (κ3) is 13.9. The van der Waals surface area contributed by atoms with Crippen LogP contribution in [0.4, 0.5) is 0 Å². The zero-order chi connectivity index (χ0) is 94.7. The van der Waals surface area contributed by atoms with E-state index in [1.165, 1.54) is 100.0 Å². The van der Waals surface area contributed by atoms with Crippen LogP contribution in [0.25, 0.3) is 235 Å². The van der Waals surface area contributed by atoms with Crippen molar-refractivity contribution in [3.63, 3.8) is 0 Å². The van der Waals surface area contributed by atoms with E-state index in [0.29, 0.717) is 52.4 Å². The second-order valence-corrected chi connectivity index (χ2v) is 39.4. The maximum absolute atomic E-state index is 6.40.